The Morgan fingerprint density at radius 1 is 1.05 bits per heavy atom. The van der Waals surface area contributed by atoms with E-state index >= 15 is 0 Å². The van der Waals surface area contributed by atoms with Gasteiger partial charge in [0.1, 0.15) is 22.4 Å². The first kappa shape index (κ1) is 16.7. The molecule has 2 rings (SSSR count). The van der Waals surface area contributed by atoms with E-state index < -0.39 is 0 Å². The number of rotatable bonds is 9. The van der Waals surface area contributed by atoms with E-state index in [0.29, 0.717) is 6.61 Å². The zero-order chi connectivity index (χ0) is 15.6. The van der Waals surface area contributed by atoms with E-state index in [4.69, 9.17) is 4.74 Å². The van der Waals surface area contributed by atoms with Crippen molar-refractivity contribution in [2.45, 2.75) is 46.0 Å². The third kappa shape index (κ3) is 5.26. The van der Waals surface area contributed by atoms with E-state index in [1.165, 1.54) is 12.8 Å². The summed E-state index contributed by atoms with van der Waals surface area (Å²) in [6.07, 6.45) is 10.00. The molecule has 0 aliphatic rings. The molecule has 0 saturated carbocycles. The number of ether oxygens (including phenoxy) is 1. The highest BCUT2D eigenvalue weighted by molar-refractivity contribution is 7.14. The highest BCUT2D eigenvalue weighted by atomic mass is 32.1. The van der Waals surface area contributed by atoms with Gasteiger partial charge in [0.2, 0.25) is 0 Å². The second-order valence-corrected chi connectivity index (χ2v) is 6.26. The SMILES string of the molecule is CCCC/C=C/COc1ccc(-c2nnc(CCC)s2)cc1. The minimum absolute atomic E-state index is 0.627. The lowest BCUT2D eigenvalue weighted by molar-refractivity contribution is 0.362. The van der Waals surface area contributed by atoms with Crippen LogP contribution in [-0.2, 0) is 6.42 Å². The van der Waals surface area contributed by atoms with Crippen molar-refractivity contribution in [1.82, 2.24) is 10.2 Å². The second kappa shape index (κ2) is 9.36. The van der Waals surface area contributed by atoms with Crippen LogP contribution in [0.5, 0.6) is 5.75 Å². The maximum Gasteiger partial charge on any atom is 0.147 e. The van der Waals surface area contributed by atoms with Gasteiger partial charge in [-0.25, -0.2) is 0 Å². The van der Waals surface area contributed by atoms with Crippen molar-refractivity contribution in [1.29, 1.82) is 0 Å². The minimum atomic E-state index is 0.627. The predicted molar refractivity (Wildman–Crippen MR) is 93.5 cm³/mol. The van der Waals surface area contributed by atoms with Crippen molar-refractivity contribution in [2.24, 2.45) is 0 Å². The molecular formula is C18H24N2OS. The van der Waals surface area contributed by atoms with Gasteiger partial charge in [-0.2, -0.15) is 0 Å². The van der Waals surface area contributed by atoms with Crippen molar-refractivity contribution in [3.63, 3.8) is 0 Å². The molecule has 0 bridgehead atoms. The number of hydrogen-bond acceptors (Lipinski definition) is 4. The zero-order valence-electron chi connectivity index (χ0n) is 13.4. The highest BCUT2D eigenvalue weighted by Crippen LogP contribution is 2.26. The van der Waals surface area contributed by atoms with Crippen LogP contribution in [0.15, 0.2) is 36.4 Å². The van der Waals surface area contributed by atoms with E-state index in [0.717, 1.165) is 40.6 Å². The Balaban J connectivity index is 1.85. The van der Waals surface area contributed by atoms with Crippen LogP contribution in [0, 0.1) is 0 Å². The summed E-state index contributed by atoms with van der Waals surface area (Å²) in [7, 11) is 0. The summed E-state index contributed by atoms with van der Waals surface area (Å²) < 4.78 is 5.70. The van der Waals surface area contributed by atoms with Crippen LogP contribution in [0.2, 0.25) is 0 Å². The summed E-state index contributed by atoms with van der Waals surface area (Å²) in [6, 6.07) is 8.09. The van der Waals surface area contributed by atoms with Crippen molar-refractivity contribution in [2.75, 3.05) is 6.61 Å². The van der Waals surface area contributed by atoms with Crippen LogP contribution in [0.25, 0.3) is 10.6 Å². The topological polar surface area (TPSA) is 35.0 Å². The van der Waals surface area contributed by atoms with E-state index in [1.54, 1.807) is 11.3 Å². The fourth-order valence-electron chi connectivity index (χ4n) is 2.03. The molecule has 0 radical (unpaired) electrons. The first-order chi connectivity index (χ1) is 10.8. The normalized spacial score (nSPS) is 11.2. The van der Waals surface area contributed by atoms with Crippen molar-refractivity contribution in [3.8, 4) is 16.3 Å². The third-order valence-corrected chi connectivity index (χ3v) is 4.30. The molecule has 0 amide bonds. The average Bonchev–Trinajstić information content (AvgIpc) is 3.00. The van der Waals surface area contributed by atoms with Crippen LogP contribution in [0.4, 0.5) is 0 Å². The summed E-state index contributed by atoms with van der Waals surface area (Å²) in [5.74, 6) is 0.891. The van der Waals surface area contributed by atoms with Gasteiger partial charge in [-0.1, -0.05) is 50.2 Å². The molecule has 22 heavy (non-hydrogen) atoms. The zero-order valence-corrected chi connectivity index (χ0v) is 14.2. The molecule has 3 nitrogen and oxygen atoms in total. The molecule has 0 N–H and O–H groups in total. The van der Waals surface area contributed by atoms with E-state index in [-0.39, 0.29) is 0 Å². The van der Waals surface area contributed by atoms with Gasteiger partial charge in [0.25, 0.3) is 0 Å². The van der Waals surface area contributed by atoms with Crippen molar-refractivity contribution in [3.05, 3.63) is 41.4 Å². The molecule has 0 spiro atoms. The molecule has 0 atom stereocenters. The molecule has 0 aliphatic heterocycles. The molecule has 0 saturated heterocycles. The fourth-order valence-corrected chi connectivity index (χ4v) is 2.98. The molecule has 1 aromatic carbocycles. The molecule has 0 aliphatic carbocycles. The maximum atomic E-state index is 5.70. The summed E-state index contributed by atoms with van der Waals surface area (Å²) in [4.78, 5) is 0. The van der Waals surface area contributed by atoms with Gasteiger partial charge in [0, 0.05) is 12.0 Å². The fraction of sp³-hybridized carbons (Fsp3) is 0.444. The molecule has 2 aromatic rings. The summed E-state index contributed by atoms with van der Waals surface area (Å²) >= 11 is 1.67. The van der Waals surface area contributed by atoms with Gasteiger partial charge in [0.15, 0.2) is 0 Å². The first-order valence-corrected chi connectivity index (χ1v) is 8.85. The van der Waals surface area contributed by atoms with Crippen molar-refractivity contribution >= 4 is 11.3 Å². The quantitative estimate of drug-likeness (QED) is 0.466. The number of allylic oxidation sites excluding steroid dienone is 1. The number of unbranched alkanes of at least 4 members (excludes halogenated alkanes) is 2. The maximum absolute atomic E-state index is 5.70. The summed E-state index contributed by atoms with van der Waals surface area (Å²) in [6.45, 7) is 4.99. The lowest BCUT2D eigenvalue weighted by atomic mass is 10.2. The summed E-state index contributed by atoms with van der Waals surface area (Å²) in [5.41, 5.74) is 1.10. The van der Waals surface area contributed by atoms with E-state index in [9.17, 15) is 0 Å². The lowest BCUT2D eigenvalue weighted by Gasteiger charge is -2.03. The smallest absolute Gasteiger partial charge is 0.147 e. The van der Waals surface area contributed by atoms with Crippen LogP contribution in [-0.4, -0.2) is 16.8 Å². The van der Waals surface area contributed by atoms with Crippen LogP contribution in [0.3, 0.4) is 0 Å². The molecule has 4 heteroatoms. The number of aryl methyl sites for hydroxylation is 1. The van der Waals surface area contributed by atoms with Gasteiger partial charge < -0.3 is 4.74 Å². The van der Waals surface area contributed by atoms with Crippen LogP contribution < -0.4 is 4.74 Å². The predicted octanol–water partition coefficient (Wildman–Crippen LogP) is 5.28. The minimum Gasteiger partial charge on any atom is -0.490 e. The molecule has 0 fully saturated rings. The second-order valence-electron chi connectivity index (χ2n) is 5.20. The largest absolute Gasteiger partial charge is 0.490 e. The van der Waals surface area contributed by atoms with Crippen molar-refractivity contribution < 1.29 is 4.74 Å². The van der Waals surface area contributed by atoms with Gasteiger partial charge in [-0.05, 0) is 37.1 Å². The summed E-state index contributed by atoms with van der Waals surface area (Å²) in [5, 5.41) is 10.6. The monoisotopic (exact) mass is 316 g/mol. The van der Waals surface area contributed by atoms with Gasteiger partial charge >= 0.3 is 0 Å². The number of aromatic nitrogens is 2. The molecule has 1 heterocycles. The number of nitrogens with zero attached hydrogens (tertiary/aromatic N) is 2. The number of hydrogen-bond donors (Lipinski definition) is 0. The van der Waals surface area contributed by atoms with Crippen LogP contribution >= 0.6 is 11.3 Å². The average molecular weight is 316 g/mol. The molecule has 1 aromatic heterocycles. The van der Waals surface area contributed by atoms with E-state index in [2.05, 4.69) is 36.2 Å². The Kier molecular flexibility index (Phi) is 7.10. The van der Waals surface area contributed by atoms with Gasteiger partial charge in [0.05, 0.1) is 0 Å². The molecule has 118 valence electrons. The highest BCUT2D eigenvalue weighted by Gasteiger charge is 2.06. The number of benzene rings is 1. The third-order valence-electron chi connectivity index (χ3n) is 3.27. The Morgan fingerprint density at radius 2 is 1.86 bits per heavy atom. The van der Waals surface area contributed by atoms with E-state index in [1.807, 2.05) is 24.3 Å². The van der Waals surface area contributed by atoms with Gasteiger partial charge in [-0.15, -0.1) is 10.2 Å². The van der Waals surface area contributed by atoms with Crippen LogP contribution in [0.1, 0.15) is 44.5 Å². The Bertz CT molecular complexity index is 575. The lowest BCUT2D eigenvalue weighted by Crippen LogP contribution is -1.93. The molecular weight excluding hydrogens is 292 g/mol. The van der Waals surface area contributed by atoms with Gasteiger partial charge in [-0.3, -0.25) is 0 Å². The Labute approximate surface area is 137 Å². The molecule has 0 unspecified atom stereocenters. The first-order valence-electron chi connectivity index (χ1n) is 8.04. The Morgan fingerprint density at radius 3 is 2.59 bits per heavy atom. The Hall–Kier alpha value is -1.68. The standard InChI is InChI=1S/C18H24N2OS/c1-3-5-6-7-8-14-21-16-12-10-15(11-13-16)18-20-19-17(22-18)9-4-2/h7-8,10-13H,3-6,9,14H2,1-2H3/b8-7+.